The fraction of sp³-hybridized carbons (Fsp3) is 0.375. The lowest BCUT2D eigenvalue weighted by Gasteiger charge is -2.21. The normalized spacial score (nSPS) is 12.4. The van der Waals surface area contributed by atoms with Gasteiger partial charge in [-0.25, -0.2) is 9.97 Å². The molecule has 1 unspecified atom stereocenters. The largest absolute Gasteiger partial charge is 0.367 e. The van der Waals surface area contributed by atoms with Crippen molar-refractivity contribution < 1.29 is 0 Å². The number of hydrogen-bond acceptors (Lipinski definition) is 3. The van der Waals surface area contributed by atoms with Crippen LogP contribution in [0, 0.1) is 5.92 Å². The molecule has 0 fully saturated rings. The first-order valence-corrected chi connectivity index (χ1v) is 7.34. The van der Waals surface area contributed by atoms with Crippen LogP contribution in [0.2, 0.25) is 5.15 Å². The highest BCUT2D eigenvalue weighted by atomic mass is 35.5. The molecule has 4 heteroatoms. The third kappa shape index (κ3) is 3.70. The van der Waals surface area contributed by atoms with Crippen LogP contribution in [-0.2, 0) is 0 Å². The van der Waals surface area contributed by atoms with E-state index in [0.717, 1.165) is 17.8 Å². The maximum atomic E-state index is 6.12. The molecule has 106 valence electrons. The first kappa shape index (κ1) is 14.8. The molecular formula is C16H20ClN3. The van der Waals surface area contributed by atoms with E-state index in [1.807, 2.05) is 30.3 Å². The van der Waals surface area contributed by atoms with Gasteiger partial charge in [-0.15, -0.1) is 0 Å². The Hall–Kier alpha value is -1.61. The van der Waals surface area contributed by atoms with E-state index in [1.165, 1.54) is 0 Å². The molecule has 2 rings (SSSR count). The van der Waals surface area contributed by atoms with Crippen LogP contribution in [0.15, 0.2) is 36.4 Å². The molecule has 0 saturated heterocycles. The Balaban J connectivity index is 2.30. The first-order valence-electron chi connectivity index (χ1n) is 6.96. The Morgan fingerprint density at radius 1 is 1.15 bits per heavy atom. The first-order chi connectivity index (χ1) is 9.60. The summed E-state index contributed by atoms with van der Waals surface area (Å²) in [4.78, 5) is 8.86. The van der Waals surface area contributed by atoms with E-state index in [9.17, 15) is 0 Å². The van der Waals surface area contributed by atoms with E-state index >= 15 is 0 Å². The zero-order valence-corrected chi connectivity index (χ0v) is 12.9. The molecule has 3 nitrogen and oxygen atoms in total. The minimum absolute atomic E-state index is 0.379. The summed E-state index contributed by atoms with van der Waals surface area (Å²) >= 11 is 6.12. The number of hydrogen-bond donors (Lipinski definition) is 1. The van der Waals surface area contributed by atoms with Gasteiger partial charge in [0.2, 0.25) is 0 Å². The van der Waals surface area contributed by atoms with E-state index in [0.29, 0.717) is 22.9 Å². The van der Waals surface area contributed by atoms with Crippen LogP contribution in [0.3, 0.4) is 0 Å². The minimum Gasteiger partial charge on any atom is -0.367 e. The Labute approximate surface area is 125 Å². The number of rotatable bonds is 5. The minimum atomic E-state index is 0.379. The van der Waals surface area contributed by atoms with Crippen LogP contribution in [0.25, 0.3) is 11.4 Å². The molecule has 0 saturated carbocycles. The summed E-state index contributed by atoms with van der Waals surface area (Å²) in [6.07, 6.45) is 1.04. The predicted molar refractivity (Wildman–Crippen MR) is 85.0 cm³/mol. The smallest absolute Gasteiger partial charge is 0.163 e. The number of benzene rings is 1. The zero-order valence-electron chi connectivity index (χ0n) is 12.1. The molecule has 0 spiro atoms. The zero-order chi connectivity index (χ0) is 14.5. The van der Waals surface area contributed by atoms with Crippen LogP contribution < -0.4 is 5.32 Å². The van der Waals surface area contributed by atoms with E-state index < -0.39 is 0 Å². The number of nitrogens with zero attached hydrogens (tertiary/aromatic N) is 2. The second-order valence-corrected chi connectivity index (χ2v) is 5.56. The lowest BCUT2D eigenvalue weighted by Crippen LogP contribution is -2.25. The van der Waals surface area contributed by atoms with Gasteiger partial charge in [0, 0.05) is 17.7 Å². The quantitative estimate of drug-likeness (QED) is 0.815. The van der Waals surface area contributed by atoms with Crippen molar-refractivity contribution in [1.82, 2.24) is 9.97 Å². The molecule has 0 aliphatic heterocycles. The topological polar surface area (TPSA) is 37.8 Å². The summed E-state index contributed by atoms with van der Waals surface area (Å²) in [6, 6.07) is 12.0. The van der Waals surface area contributed by atoms with Crippen LogP contribution in [0.1, 0.15) is 27.2 Å². The van der Waals surface area contributed by atoms with Crippen LogP contribution in [0.5, 0.6) is 0 Å². The lowest BCUT2D eigenvalue weighted by molar-refractivity contribution is 0.510. The monoisotopic (exact) mass is 289 g/mol. The number of anilines is 1. The fourth-order valence-corrected chi connectivity index (χ4v) is 2.32. The highest BCUT2D eigenvalue weighted by Crippen LogP contribution is 2.21. The van der Waals surface area contributed by atoms with Crippen molar-refractivity contribution in [2.45, 2.75) is 33.2 Å². The van der Waals surface area contributed by atoms with Gasteiger partial charge in [-0.3, -0.25) is 0 Å². The summed E-state index contributed by atoms with van der Waals surface area (Å²) in [6.45, 7) is 6.56. The Morgan fingerprint density at radius 2 is 1.85 bits per heavy atom. The molecule has 1 atom stereocenters. The Morgan fingerprint density at radius 3 is 2.45 bits per heavy atom. The molecule has 1 heterocycles. The maximum Gasteiger partial charge on any atom is 0.163 e. The van der Waals surface area contributed by atoms with Gasteiger partial charge >= 0.3 is 0 Å². The Bertz CT molecular complexity index is 555. The summed E-state index contributed by atoms with van der Waals surface area (Å²) in [5.74, 6) is 1.97. The van der Waals surface area contributed by atoms with Gasteiger partial charge in [0.05, 0.1) is 0 Å². The molecule has 0 aliphatic carbocycles. The molecule has 1 aromatic carbocycles. The summed E-state index contributed by atoms with van der Waals surface area (Å²) in [5.41, 5.74) is 0.968. The van der Waals surface area contributed by atoms with Gasteiger partial charge in [0.15, 0.2) is 5.82 Å². The third-order valence-corrected chi connectivity index (χ3v) is 3.50. The molecule has 2 aromatic rings. The van der Waals surface area contributed by atoms with E-state index in [-0.39, 0.29) is 0 Å². The van der Waals surface area contributed by atoms with Crippen molar-refractivity contribution >= 4 is 17.4 Å². The van der Waals surface area contributed by atoms with Gasteiger partial charge < -0.3 is 5.32 Å². The summed E-state index contributed by atoms with van der Waals surface area (Å²) < 4.78 is 0. The van der Waals surface area contributed by atoms with Crippen molar-refractivity contribution in [3.05, 3.63) is 41.6 Å². The van der Waals surface area contributed by atoms with Crippen molar-refractivity contribution in [1.29, 1.82) is 0 Å². The molecule has 1 N–H and O–H groups in total. The van der Waals surface area contributed by atoms with E-state index in [2.05, 4.69) is 36.1 Å². The van der Waals surface area contributed by atoms with Gasteiger partial charge in [0.25, 0.3) is 0 Å². The van der Waals surface area contributed by atoms with E-state index in [1.54, 1.807) is 6.07 Å². The van der Waals surface area contributed by atoms with Crippen LogP contribution in [-0.4, -0.2) is 16.0 Å². The van der Waals surface area contributed by atoms with E-state index in [4.69, 9.17) is 11.6 Å². The van der Waals surface area contributed by atoms with Crippen LogP contribution in [0.4, 0.5) is 5.82 Å². The van der Waals surface area contributed by atoms with Crippen molar-refractivity contribution in [2.75, 3.05) is 5.32 Å². The summed E-state index contributed by atoms with van der Waals surface area (Å²) in [5, 5.41) is 3.90. The molecule has 1 aromatic heterocycles. The standard InChI is InChI=1S/C16H20ClN3/c1-4-13(11(2)3)18-15-10-14(17)19-16(20-15)12-8-6-5-7-9-12/h5-11,13H,4H2,1-3H3,(H,18,19,20). The number of halogens is 1. The Kier molecular flexibility index (Phi) is 4.96. The van der Waals surface area contributed by atoms with Gasteiger partial charge in [-0.05, 0) is 12.3 Å². The SMILES string of the molecule is CCC(Nc1cc(Cl)nc(-c2ccccc2)n1)C(C)C. The van der Waals surface area contributed by atoms with Crippen molar-refractivity contribution in [2.24, 2.45) is 5.92 Å². The molecule has 0 amide bonds. The van der Waals surface area contributed by atoms with Crippen LogP contribution >= 0.6 is 11.6 Å². The second-order valence-electron chi connectivity index (χ2n) is 5.17. The third-order valence-electron chi connectivity index (χ3n) is 3.30. The van der Waals surface area contributed by atoms with Crippen molar-refractivity contribution in [3.63, 3.8) is 0 Å². The number of nitrogens with one attached hydrogen (secondary N) is 1. The molecule has 0 bridgehead atoms. The second kappa shape index (κ2) is 6.71. The van der Waals surface area contributed by atoms with Gasteiger partial charge in [-0.2, -0.15) is 0 Å². The van der Waals surface area contributed by atoms with Gasteiger partial charge in [-0.1, -0.05) is 62.7 Å². The highest BCUT2D eigenvalue weighted by Gasteiger charge is 2.13. The fourth-order valence-electron chi connectivity index (χ4n) is 2.14. The molecule has 0 radical (unpaired) electrons. The lowest BCUT2D eigenvalue weighted by atomic mass is 10.0. The molecular weight excluding hydrogens is 270 g/mol. The maximum absolute atomic E-state index is 6.12. The van der Waals surface area contributed by atoms with Crippen molar-refractivity contribution in [3.8, 4) is 11.4 Å². The highest BCUT2D eigenvalue weighted by molar-refractivity contribution is 6.29. The summed E-state index contributed by atoms with van der Waals surface area (Å²) in [7, 11) is 0. The average Bonchev–Trinajstić information content (AvgIpc) is 2.45. The number of aromatic nitrogens is 2. The molecule has 0 aliphatic rings. The predicted octanol–water partition coefficient (Wildman–Crippen LogP) is 4.64. The average molecular weight is 290 g/mol. The molecule has 20 heavy (non-hydrogen) atoms. The van der Waals surface area contributed by atoms with Gasteiger partial charge in [0.1, 0.15) is 11.0 Å².